The molecular formula is C21H22N2O3. The fraction of sp³-hybridized carbons (Fsp3) is 0.333. The van der Waals surface area contributed by atoms with Crippen LogP contribution in [-0.4, -0.2) is 24.1 Å². The largest absolute Gasteiger partial charge is 0.463 e. The molecule has 1 fully saturated rings. The van der Waals surface area contributed by atoms with Crippen LogP contribution in [0.1, 0.15) is 47.3 Å². The van der Waals surface area contributed by atoms with Crippen LogP contribution in [0, 0.1) is 6.92 Å². The third kappa shape index (κ3) is 2.38. The summed E-state index contributed by atoms with van der Waals surface area (Å²) in [5, 5.41) is 2.96. The molecule has 1 N–H and O–H groups in total. The van der Waals surface area contributed by atoms with Gasteiger partial charge in [-0.3, -0.25) is 4.79 Å². The summed E-state index contributed by atoms with van der Waals surface area (Å²) in [5.74, 6) is -0.618. The molecule has 5 heteroatoms. The van der Waals surface area contributed by atoms with E-state index in [4.69, 9.17) is 4.74 Å². The number of benzene rings is 2. The van der Waals surface area contributed by atoms with Gasteiger partial charge in [0, 0.05) is 6.42 Å². The molecule has 1 saturated heterocycles. The van der Waals surface area contributed by atoms with Gasteiger partial charge in [0.2, 0.25) is 5.66 Å². The second-order valence-electron chi connectivity index (χ2n) is 6.89. The Kier molecular flexibility index (Phi) is 3.94. The predicted octanol–water partition coefficient (Wildman–Crippen LogP) is 3.34. The lowest BCUT2D eigenvalue weighted by atomic mass is 9.98. The average Bonchev–Trinajstić information content (AvgIpc) is 3.03. The molecule has 1 amide bonds. The molecule has 2 atom stereocenters. The summed E-state index contributed by atoms with van der Waals surface area (Å²) < 4.78 is 5.36. The molecule has 0 saturated carbocycles. The number of anilines is 1. The summed E-state index contributed by atoms with van der Waals surface area (Å²) in [6.07, 6.45) is 1.28. The van der Waals surface area contributed by atoms with E-state index in [2.05, 4.69) is 35.3 Å². The number of nitrogens with one attached hydrogen (secondary N) is 1. The number of carbonyl (C=O) groups excluding carboxylic acids is 2. The van der Waals surface area contributed by atoms with E-state index >= 15 is 0 Å². The Morgan fingerprint density at radius 2 is 2.08 bits per heavy atom. The molecule has 0 spiro atoms. The van der Waals surface area contributed by atoms with Gasteiger partial charge in [0.1, 0.15) is 0 Å². The molecule has 0 aromatic heterocycles. The smallest absolute Gasteiger partial charge is 0.353 e. The topological polar surface area (TPSA) is 58.6 Å². The van der Waals surface area contributed by atoms with Crippen molar-refractivity contribution >= 4 is 17.6 Å². The summed E-state index contributed by atoms with van der Waals surface area (Å²) in [7, 11) is 0. The van der Waals surface area contributed by atoms with Crippen molar-refractivity contribution < 1.29 is 14.3 Å². The minimum atomic E-state index is -1.14. The summed E-state index contributed by atoms with van der Waals surface area (Å²) >= 11 is 0. The minimum Gasteiger partial charge on any atom is -0.463 e. The zero-order chi connectivity index (χ0) is 18.3. The molecule has 4 rings (SSSR count). The summed E-state index contributed by atoms with van der Waals surface area (Å²) in [6.45, 7) is 4.12. The Bertz CT molecular complexity index is 879. The molecule has 5 nitrogen and oxygen atoms in total. The molecule has 2 aromatic rings. The SMILES string of the molecule is CCOC(=O)[C@@]12CC[C@@H](c3cccc(C)c3)N1c1ccccc1C(=O)N2. The number of amides is 1. The van der Waals surface area contributed by atoms with Gasteiger partial charge in [0.25, 0.3) is 5.91 Å². The van der Waals surface area contributed by atoms with Crippen LogP contribution in [0.5, 0.6) is 0 Å². The number of esters is 1. The highest BCUT2D eigenvalue weighted by Crippen LogP contribution is 2.48. The Labute approximate surface area is 153 Å². The van der Waals surface area contributed by atoms with E-state index in [-0.39, 0.29) is 18.6 Å². The van der Waals surface area contributed by atoms with Gasteiger partial charge in [-0.2, -0.15) is 0 Å². The second-order valence-corrected chi connectivity index (χ2v) is 6.89. The predicted molar refractivity (Wildman–Crippen MR) is 98.9 cm³/mol. The average molecular weight is 350 g/mol. The highest BCUT2D eigenvalue weighted by molar-refractivity contribution is 6.07. The van der Waals surface area contributed by atoms with Gasteiger partial charge in [0.15, 0.2) is 0 Å². The van der Waals surface area contributed by atoms with E-state index in [0.29, 0.717) is 12.0 Å². The first-order valence-electron chi connectivity index (χ1n) is 9.01. The second kappa shape index (κ2) is 6.16. The molecule has 0 bridgehead atoms. The monoisotopic (exact) mass is 350 g/mol. The Morgan fingerprint density at radius 1 is 1.27 bits per heavy atom. The van der Waals surface area contributed by atoms with Crippen LogP contribution in [0.4, 0.5) is 5.69 Å². The molecule has 134 valence electrons. The number of para-hydroxylation sites is 1. The van der Waals surface area contributed by atoms with Gasteiger partial charge in [0.05, 0.1) is 23.9 Å². The van der Waals surface area contributed by atoms with E-state index in [1.807, 2.05) is 24.3 Å². The van der Waals surface area contributed by atoms with Crippen molar-refractivity contribution in [2.45, 2.75) is 38.4 Å². The number of aryl methyl sites for hydroxylation is 1. The standard InChI is InChI=1S/C21H22N2O3/c1-3-26-20(25)21-12-11-17(15-8-6-7-14(2)13-15)23(21)18-10-5-4-9-16(18)19(24)22-21/h4-10,13,17H,3,11-12H2,1-2H3,(H,22,24)/t17-,21+/m0/s1. The first-order chi connectivity index (χ1) is 12.6. The van der Waals surface area contributed by atoms with Crippen LogP contribution < -0.4 is 10.2 Å². The van der Waals surface area contributed by atoms with Crippen molar-refractivity contribution in [3.05, 3.63) is 65.2 Å². The minimum absolute atomic E-state index is 0.000978. The van der Waals surface area contributed by atoms with Crippen LogP contribution >= 0.6 is 0 Å². The Hall–Kier alpha value is -2.82. The summed E-state index contributed by atoms with van der Waals surface area (Å²) in [4.78, 5) is 27.7. The van der Waals surface area contributed by atoms with Gasteiger partial charge in [-0.1, -0.05) is 42.0 Å². The number of hydrogen-bond acceptors (Lipinski definition) is 4. The van der Waals surface area contributed by atoms with Gasteiger partial charge in [-0.25, -0.2) is 4.79 Å². The maximum absolute atomic E-state index is 12.9. The third-order valence-corrected chi connectivity index (χ3v) is 5.27. The molecule has 0 aliphatic carbocycles. The van der Waals surface area contributed by atoms with Crippen molar-refractivity contribution in [1.82, 2.24) is 5.32 Å². The fourth-order valence-corrected chi connectivity index (χ4v) is 4.18. The van der Waals surface area contributed by atoms with Crippen LogP contribution in [0.3, 0.4) is 0 Å². The van der Waals surface area contributed by atoms with Gasteiger partial charge < -0.3 is 15.0 Å². The number of nitrogens with zero attached hydrogens (tertiary/aromatic N) is 1. The lowest BCUT2D eigenvalue weighted by Crippen LogP contribution is -2.66. The van der Waals surface area contributed by atoms with Crippen LogP contribution in [0.2, 0.25) is 0 Å². The quantitative estimate of drug-likeness (QED) is 0.863. The fourth-order valence-electron chi connectivity index (χ4n) is 4.18. The van der Waals surface area contributed by atoms with Crippen LogP contribution in [0.15, 0.2) is 48.5 Å². The summed E-state index contributed by atoms with van der Waals surface area (Å²) in [5.41, 5.74) is 2.54. The lowest BCUT2D eigenvalue weighted by molar-refractivity contribution is -0.150. The molecule has 26 heavy (non-hydrogen) atoms. The lowest BCUT2D eigenvalue weighted by Gasteiger charge is -2.45. The third-order valence-electron chi connectivity index (χ3n) is 5.27. The first-order valence-corrected chi connectivity index (χ1v) is 9.01. The van der Waals surface area contributed by atoms with E-state index < -0.39 is 11.6 Å². The maximum atomic E-state index is 12.9. The van der Waals surface area contributed by atoms with Crippen LogP contribution in [0.25, 0.3) is 0 Å². The maximum Gasteiger partial charge on any atom is 0.353 e. The number of hydrogen-bond donors (Lipinski definition) is 1. The molecule has 2 aliphatic rings. The number of fused-ring (bicyclic) bond motifs is 3. The molecule has 0 radical (unpaired) electrons. The highest BCUT2D eigenvalue weighted by Gasteiger charge is 2.57. The summed E-state index contributed by atoms with van der Waals surface area (Å²) in [6, 6.07) is 15.8. The molecule has 2 aliphatic heterocycles. The van der Waals surface area contributed by atoms with E-state index in [1.54, 1.807) is 13.0 Å². The van der Waals surface area contributed by atoms with Crippen LogP contribution in [-0.2, 0) is 9.53 Å². The molecular weight excluding hydrogens is 328 g/mol. The van der Waals surface area contributed by atoms with E-state index in [1.165, 1.54) is 5.56 Å². The van der Waals surface area contributed by atoms with Crippen molar-refractivity contribution in [3.8, 4) is 0 Å². The van der Waals surface area contributed by atoms with Gasteiger partial charge in [-0.05, 0) is 38.0 Å². The Balaban J connectivity index is 1.88. The normalized spacial score (nSPS) is 23.8. The van der Waals surface area contributed by atoms with Crippen molar-refractivity contribution in [1.29, 1.82) is 0 Å². The van der Waals surface area contributed by atoms with Crippen molar-refractivity contribution in [2.24, 2.45) is 0 Å². The zero-order valence-corrected chi connectivity index (χ0v) is 15.0. The molecule has 2 heterocycles. The van der Waals surface area contributed by atoms with E-state index in [9.17, 15) is 9.59 Å². The van der Waals surface area contributed by atoms with Crippen molar-refractivity contribution in [3.63, 3.8) is 0 Å². The van der Waals surface area contributed by atoms with Gasteiger partial charge >= 0.3 is 5.97 Å². The van der Waals surface area contributed by atoms with E-state index in [0.717, 1.165) is 17.7 Å². The first kappa shape index (κ1) is 16.6. The molecule has 0 unspecified atom stereocenters. The Morgan fingerprint density at radius 3 is 2.85 bits per heavy atom. The number of rotatable bonds is 3. The van der Waals surface area contributed by atoms with Gasteiger partial charge in [-0.15, -0.1) is 0 Å². The molecule has 2 aromatic carbocycles. The number of ether oxygens (including phenoxy) is 1. The van der Waals surface area contributed by atoms with Crippen molar-refractivity contribution in [2.75, 3.05) is 11.5 Å². The number of carbonyl (C=O) groups is 2. The highest BCUT2D eigenvalue weighted by atomic mass is 16.5. The zero-order valence-electron chi connectivity index (χ0n) is 15.0.